The van der Waals surface area contributed by atoms with Crippen LogP contribution < -0.4 is 0 Å². The second kappa shape index (κ2) is 4.83. The maximum atomic E-state index is 12.5. The van der Waals surface area contributed by atoms with Gasteiger partial charge >= 0.3 is 5.97 Å². The molecule has 1 amide bonds. The molecule has 1 aromatic heterocycles. The van der Waals surface area contributed by atoms with Crippen LogP contribution in [0.1, 0.15) is 23.3 Å². The summed E-state index contributed by atoms with van der Waals surface area (Å²) in [5.41, 5.74) is 1.04. The second-order valence-corrected chi connectivity index (χ2v) is 5.23. The Morgan fingerprint density at radius 3 is 2.80 bits per heavy atom. The molecule has 2 N–H and O–H groups in total. The summed E-state index contributed by atoms with van der Waals surface area (Å²) in [4.78, 5) is 28.0. The highest BCUT2D eigenvalue weighted by Crippen LogP contribution is 2.30. The number of carboxylic acids is 1. The van der Waals surface area contributed by atoms with Gasteiger partial charge in [0.05, 0.1) is 5.02 Å². The molecular formula is C14H13ClN2O3. The molecule has 20 heavy (non-hydrogen) atoms. The molecule has 2 heterocycles. The van der Waals surface area contributed by atoms with Gasteiger partial charge in [-0.3, -0.25) is 4.79 Å². The van der Waals surface area contributed by atoms with E-state index in [1.54, 1.807) is 0 Å². The summed E-state index contributed by atoms with van der Waals surface area (Å²) in [7, 11) is 0. The first kappa shape index (κ1) is 13.0. The summed E-state index contributed by atoms with van der Waals surface area (Å²) in [6.07, 6.45) is 1.18. The van der Waals surface area contributed by atoms with Crippen LogP contribution >= 0.6 is 11.6 Å². The zero-order valence-electron chi connectivity index (χ0n) is 10.6. The zero-order valence-corrected chi connectivity index (χ0v) is 11.4. The van der Waals surface area contributed by atoms with E-state index in [2.05, 4.69) is 4.98 Å². The average molecular weight is 293 g/mol. The molecule has 2 aromatic rings. The molecule has 6 heteroatoms. The number of nitrogens with zero attached hydrogens (tertiary/aromatic N) is 1. The smallest absolute Gasteiger partial charge is 0.326 e. The van der Waals surface area contributed by atoms with E-state index < -0.39 is 12.0 Å². The molecule has 0 saturated carbocycles. The number of fused-ring (bicyclic) bond motifs is 1. The van der Waals surface area contributed by atoms with Crippen molar-refractivity contribution in [3.8, 4) is 0 Å². The van der Waals surface area contributed by atoms with Gasteiger partial charge in [-0.1, -0.05) is 29.8 Å². The Hall–Kier alpha value is -2.01. The minimum absolute atomic E-state index is 0.265. The van der Waals surface area contributed by atoms with E-state index in [1.807, 2.05) is 24.3 Å². The Morgan fingerprint density at radius 2 is 2.10 bits per heavy atom. The fraction of sp³-hybridized carbons (Fsp3) is 0.286. The molecule has 1 saturated heterocycles. The lowest BCUT2D eigenvalue weighted by Gasteiger charge is -2.20. The maximum Gasteiger partial charge on any atom is 0.326 e. The number of carboxylic acid groups (broad SMARTS) is 1. The Labute approximate surface area is 120 Å². The molecule has 0 bridgehead atoms. The number of carbonyl (C=O) groups excluding carboxylic acids is 1. The number of aliphatic carboxylic acids is 1. The van der Waals surface area contributed by atoms with E-state index in [-0.39, 0.29) is 11.6 Å². The first-order valence-electron chi connectivity index (χ1n) is 6.39. The SMILES string of the molecule is O=C(O)[C@H]1CCCN1C(=O)c1[nH]c2ccccc2c1Cl. The number of benzene rings is 1. The fourth-order valence-corrected chi connectivity index (χ4v) is 2.96. The normalized spacial score (nSPS) is 18.6. The van der Waals surface area contributed by atoms with Crippen molar-refractivity contribution in [1.29, 1.82) is 0 Å². The van der Waals surface area contributed by atoms with E-state index in [4.69, 9.17) is 16.7 Å². The van der Waals surface area contributed by atoms with Crippen molar-refractivity contribution in [3.05, 3.63) is 35.0 Å². The molecule has 0 unspecified atom stereocenters. The number of rotatable bonds is 2. The third-order valence-electron chi connectivity index (χ3n) is 3.66. The number of para-hydroxylation sites is 1. The molecule has 104 valence electrons. The predicted octanol–water partition coefficient (Wildman–Crippen LogP) is 2.51. The van der Waals surface area contributed by atoms with Gasteiger partial charge in [-0.2, -0.15) is 0 Å². The van der Waals surface area contributed by atoms with E-state index in [0.717, 1.165) is 10.9 Å². The van der Waals surface area contributed by atoms with E-state index in [1.165, 1.54) is 4.90 Å². The van der Waals surface area contributed by atoms with Crippen molar-refractivity contribution in [2.45, 2.75) is 18.9 Å². The quantitative estimate of drug-likeness (QED) is 0.893. The minimum atomic E-state index is -0.969. The lowest BCUT2D eigenvalue weighted by molar-refractivity contribution is -0.141. The summed E-state index contributed by atoms with van der Waals surface area (Å²) in [6.45, 7) is 0.446. The van der Waals surface area contributed by atoms with Crippen molar-refractivity contribution in [2.24, 2.45) is 0 Å². The monoisotopic (exact) mass is 292 g/mol. The largest absolute Gasteiger partial charge is 0.480 e. The number of aromatic amines is 1. The Balaban J connectivity index is 2.00. The summed E-state index contributed by atoms with van der Waals surface area (Å²) in [5, 5.41) is 10.3. The molecule has 0 radical (unpaired) electrons. The highest BCUT2D eigenvalue weighted by Gasteiger charge is 2.35. The van der Waals surface area contributed by atoms with Gasteiger partial charge in [-0.15, -0.1) is 0 Å². The number of halogens is 1. The zero-order chi connectivity index (χ0) is 14.3. The molecule has 1 fully saturated rings. The molecule has 3 rings (SSSR count). The number of amides is 1. The van der Waals surface area contributed by atoms with Crippen LogP contribution in [0.5, 0.6) is 0 Å². The van der Waals surface area contributed by atoms with Crippen molar-refractivity contribution < 1.29 is 14.7 Å². The lowest BCUT2D eigenvalue weighted by Crippen LogP contribution is -2.40. The van der Waals surface area contributed by atoms with Gasteiger partial charge in [-0.25, -0.2) is 4.79 Å². The predicted molar refractivity (Wildman–Crippen MR) is 75.0 cm³/mol. The molecule has 1 aromatic carbocycles. The van der Waals surface area contributed by atoms with Crippen LogP contribution in [-0.2, 0) is 4.79 Å². The van der Waals surface area contributed by atoms with Gasteiger partial charge < -0.3 is 15.0 Å². The van der Waals surface area contributed by atoms with Crippen LogP contribution in [-0.4, -0.2) is 39.5 Å². The van der Waals surface area contributed by atoms with Crippen LogP contribution in [0.4, 0.5) is 0 Å². The van der Waals surface area contributed by atoms with Crippen LogP contribution in [0.3, 0.4) is 0 Å². The van der Waals surface area contributed by atoms with Crippen molar-refractivity contribution in [3.63, 3.8) is 0 Å². The fourth-order valence-electron chi connectivity index (χ4n) is 2.67. The highest BCUT2D eigenvalue weighted by atomic mass is 35.5. The molecular weight excluding hydrogens is 280 g/mol. The highest BCUT2D eigenvalue weighted by molar-refractivity contribution is 6.38. The number of nitrogens with one attached hydrogen (secondary N) is 1. The summed E-state index contributed by atoms with van der Waals surface area (Å²) in [6, 6.07) is 6.58. The van der Waals surface area contributed by atoms with Crippen molar-refractivity contribution in [1.82, 2.24) is 9.88 Å². The van der Waals surface area contributed by atoms with Crippen LogP contribution in [0.2, 0.25) is 5.02 Å². The summed E-state index contributed by atoms with van der Waals surface area (Å²) >= 11 is 6.23. The van der Waals surface area contributed by atoms with Gasteiger partial charge in [0.15, 0.2) is 0 Å². The first-order chi connectivity index (χ1) is 9.59. The lowest BCUT2D eigenvalue weighted by atomic mass is 10.2. The molecule has 1 aliphatic rings. The maximum absolute atomic E-state index is 12.5. The third-order valence-corrected chi connectivity index (χ3v) is 4.05. The molecule has 1 aliphatic heterocycles. The second-order valence-electron chi connectivity index (χ2n) is 4.85. The van der Waals surface area contributed by atoms with Gasteiger partial charge in [0.25, 0.3) is 5.91 Å². The van der Waals surface area contributed by atoms with Gasteiger partial charge in [0, 0.05) is 17.4 Å². The Kier molecular flexibility index (Phi) is 3.14. The number of carbonyl (C=O) groups is 2. The molecule has 1 atom stereocenters. The summed E-state index contributed by atoms with van der Waals surface area (Å²) in [5.74, 6) is -1.32. The van der Waals surface area contributed by atoms with Crippen LogP contribution in [0, 0.1) is 0 Å². The van der Waals surface area contributed by atoms with Crippen LogP contribution in [0.15, 0.2) is 24.3 Å². The number of H-pyrrole nitrogens is 1. The minimum Gasteiger partial charge on any atom is -0.480 e. The van der Waals surface area contributed by atoms with Crippen molar-refractivity contribution in [2.75, 3.05) is 6.54 Å². The van der Waals surface area contributed by atoms with E-state index in [0.29, 0.717) is 24.4 Å². The Morgan fingerprint density at radius 1 is 1.35 bits per heavy atom. The van der Waals surface area contributed by atoms with Gasteiger partial charge in [0.1, 0.15) is 11.7 Å². The number of likely N-dealkylation sites (tertiary alicyclic amines) is 1. The topological polar surface area (TPSA) is 73.4 Å². The van der Waals surface area contributed by atoms with Crippen molar-refractivity contribution >= 4 is 34.4 Å². The standard InChI is InChI=1S/C14H13ClN2O3/c15-11-8-4-1-2-5-9(8)16-12(11)13(18)17-7-3-6-10(17)14(19)20/h1-2,4-5,10,16H,3,6-7H2,(H,19,20)/t10-/m1/s1. The Bertz CT molecular complexity index is 695. The van der Waals surface area contributed by atoms with Gasteiger partial charge in [0.2, 0.25) is 0 Å². The van der Waals surface area contributed by atoms with E-state index in [9.17, 15) is 9.59 Å². The molecule has 0 spiro atoms. The first-order valence-corrected chi connectivity index (χ1v) is 6.77. The number of aromatic nitrogens is 1. The van der Waals surface area contributed by atoms with Gasteiger partial charge in [-0.05, 0) is 18.9 Å². The molecule has 0 aliphatic carbocycles. The third kappa shape index (κ3) is 1.94. The molecule has 5 nitrogen and oxygen atoms in total. The number of hydrogen-bond donors (Lipinski definition) is 2. The van der Waals surface area contributed by atoms with Crippen LogP contribution in [0.25, 0.3) is 10.9 Å². The number of hydrogen-bond acceptors (Lipinski definition) is 2. The summed E-state index contributed by atoms with van der Waals surface area (Å²) < 4.78 is 0. The van der Waals surface area contributed by atoms with E-state index >= 15 is 0 Å². The average Bonchev–Trinajstić information content (AvgIpc) is 3.04.